The zero-order chi connectivity index (χ0) is 10.0. The van der Waals surface area contributed by atoms with Gasteiger partial charge in [0.25, 0.3) is 0 Å². The van der Waals surface area contributed by atoms with E-state index in [0.29, 0.717) is 5.69 Å². The second-order valence-corrected chi connectivity index (χ2v) is 2.80. The molecule has 0 spiro atoms. The third-order valence-electron chi connectivity index (χ3n) is 1.91. The first-order chi connectivity index (χ1) is 6.06. The number of aryl methyl sites for hydroxylation is 1. The van der Waals surface area contributed by atoms with Crippen LogP contribution in [-0.2, 0) is 6.42 Å². The molecule has 1 rings (SSSR count). The molecule has 0 radical (unpaired) electrons. The SMILES string of the molecule is CCc1cc(N)c(N)c(C(=O)O)c1. The summed E-state index contributed by atoms with van der Waals surface area (Å²) in [7, 11) is 0. The van der Waals surface area contributed by atoms with Gasteiger partial charge in [0.05, 0.1) is 16.9 Å². The van der Waals surface area contributed by atoms with Gasteiger partial charge in [0.1, 0.15) is 0 Å². The molecule has 0 saturated heterocycles. The summed E-state index contributed by atoms with van der Waals surface area (Å²) in [5.41, 5.74) is 12.5. The van der Waals surface area contributed by atoms with Crippen molar-refractivity contribution in [1.82, 2.24) is 0 Å². The molecule has 0 amide bonds. The smallest absolute Gasteiger partial charge is 0.337 e. The second-order valence-electron chi connectivity index (χ2n) is 2.80. The van der Waals surface area contributed by atoms with Gasteiger partial charge in [0, 0.05) is 0 Å². The maximum Gasteiger partial charge on any atom is 0.337 e. The molecule has 0 fully saturated rings. The monoisotopic (exact) mass is 180 g/mol. The average Bonchev–Trinajstić information content (AvgIpc) is 2.09. The van der Waals surface area contributed by atoms with E-state index < -0.39 is 5.97 Å². The quantitative estimate of drug-likeness (QED) is 0.595. The number of carboxylic acids is 1. The van der Waals surface area contributed by atoms with Gasteiger partial charge in [-0.25, -0.2) is 4.79 Å². The fourth-order valence-corrected chi connectivity index (χ4v) is 1.12. The van der Waals surface area contributed by atoms with Gasteiger partial charge >= 0.3 is 5.97 Å². The van der Waals surface area contributed by atoms with E-state index in [4.69, 9.17) is 16.6 Å². The molecule has 4 heteroatoms. The van der Waals surface area contributed by atoms with Crippen molar-refractivity contribution in [2.24, 2.45) is 0 Å². The Labute approximate surface area is 76.2 Å². The van der Waals surface area contributed by atoms with Crippen LogP contribution in [0.1, 0.15) is 22.8 Å². The fraction of sp³-hybridized carbons (Fsp3) is 0.222. The van der Waals surface area contributed by atoms with E-state index in [1.165, 1.54) is 0 Å². The number of hydrogen-bond donors (Lipinski definition) is 3. The topological polar surface area (TPSA) is 89.3 Å². The van der Waals surface area contributed by atoms with Crippen LogP contribution in [0.2, 0.25) is 0 Å². The number of rotatable bonds is 2. The molecule has 0 heterocycles. The van der Waals surface area contributed by atoms with Crippen molar-refractivity contribution in [3.63, 3.8) is 0 Å². The largest absolute Gasteiger partial charge is 0.478 e. The van der Waals surface area contributed by atoms with E-state index >= 15 is 0 Å². The predicted octanol–water partition coefficient (Wildman–Crippen LogP) is 1.11. The third kappa shape index (κ3) is 1.72. The highest BCUT2D eigenvalue weighted by atomic mass is 16.4. The Morgan fingerprint density at radius 2 is 2.08 bits per heavy atom. The Morgan fingerprint density at radius 3 is 2.54 bits per heavy atom. The number of carbonyl (C=O) groups is 1. The Kier molecular flexibility index (Phi) is 2.41. The van der Waals surface area contributed by atoms with Crippen LogP contribution in [0.25, 0.3) is 0 Å². The molecule has 1 aromatic carbocycles. The Hall–Kier alpha value is -1.71. The van der Waals surface area contributed by atoms with Crippen LogP contribution in [0.4, 0.5) is 11.4 Å². The van der Waals surface area contributed by atoms with E-state index in [0.717, 1.165) is 12.0 Å². The predicted molar refractivity (Wildman–Crippen MR) is 51.6 cm³/mol. The first kappa shape index (κ1) is 9.38. The first-order valence-electron chi connectivity index (χ1n) is 3.97. The lowest BCUT2D eigenvalue weighted by atomic mass is 10.1. The molecular weight excluding hydrogens is 168 g/mol. The summed E-state index contributed by atoms with van der Waals surface area (Å²) in [4.78, 5) is 10.7. The van der Waals surface area contributed by atoms with E-state index in [1.54, 1.807) is 12.1 Å². The molecule has 0 aromatic heterocycles. The van der Waals surface area contributed by atoms with Crippen LogP contribution in [0.15, 0.2) is 12.1 Å². The molecule has 4 nitrogen and oxygen atoms in total. The maximum absolute atomic E-state index is 10.7. The third-order valence-corrected chi connectivity index (χ3v) is 1.91. The van der Waals surface area contributed by atoms with Gasteiger partial charge in [-0.15, -0.1) is 0 Å². The van der Waals surface area contributed by atoms with Crippen LogP contribution in [-0.4, -0.2) is 11.1 Å². The lowest BCUT2D eigenvalue weighted by Crippen LogP contribution is -2.06. The highest BCUT2D eigenvalue weighted by molar-refractivity contribution is 5.97. The van der Waals surface area contributed by atoms with Crippen LogP contribution in [0.3, 0.4) is 0 Å². The minimum atomic E-state index is -1.04. The summed E-state index contributed by atoms with van der Waals surface area (Å²) in [6.07, 6.45) is 0.741. The summed E-state index contributed by atoms with van der Waals surface area (Å²) in [5.74, 6) is -1.04. The molecule has 0 atom stereocenters. The van der Waals surface area contributed by atoms with Gasteiger partial charge in [-0.1, -0.05) is 6.92 Å². The van der Waals surface area contributed by atoms with Crippen LogP contribution >= 0.6 is 0 Å². The Morgan fingerprint density at radius 1 is 1.46 bits per heavy atom. The van der Waals surface area contributed by atoms with Gasteiger partial charge in [0.2, 0.25) is 0 Å². The van der Waals surface area contributed by atoms with Gasteiger partial charge in [-0.05, 0) is 24.1 Å². The molecule has 13 heavy (non-hydrogen) atoms. The molecule has 0 unspecified atom stereocenters. The van der Waals surface area contributed by atoms with Crippen molar-refractivity contribution in [1.29, 1.82) is 0 Å². The molecule has 5 N–H and O–H groups in total. The molecule has 0 aliphatic heterocycles. The van der Waals surface area contributed by atoms with E-state index in [1.807, 2.05) is 6.92 Å². The van der Waals surface area contributed by atoms with Crippen molar-refractivity contribution < 1.29 is 9.90 Å². The lowest BCUT2D eigenvalue weighted by Gasteiger charge is -2.06. The second kappa shape index (κ2) is 3.35. The van der Waals surface area contributed by atoms with Crippen LogP contribution in [0.5, 0.6) is 0 Å². The number of nitrogen functional groups attached to an aromatic ring is 2. The Bertz CT molecular complexity index is 348. The molecule has 0 saturated carbocycles. The van der Waals surface area contributed by atoms with Gasteiger partial charge in [0.15, 0.2) is 0 Å². The molecule has 0 aliphatic rings. The normalized spacial score (nSPS) is 9.92. The highest BCUT2D eigenvalue weighted by Crippen LogP contribution is 2.22. The lowest BCUT2D eigenvalue weighted by molar-refractivity contribution is 0.0698. The van der Waals surface area contributed by atoms with Crippen molar-refractivity contribution in [2.75, 3.05) is 11.5 Å². The number of benzene rings is 1. The summed E-state index contributed by atoms with van der Waals surface area (Å²) in [5, 5.41) is 8.77. The zero-order valence-corrected chi connectivity index (χ0v) is 7.37. The van der Waals surface area contributed by atoms with Gasteiger partial charge in [-0.2, -0.15) is 0 Å². The van der Waals surface area contributed by atoms with Crippen molar-refractivity contribution in [3.8, 4) is 0 Å². The van der Waals surface area contributed by atoms with Crippen molar-refractivity contribution >= 4 is 17.3 Å². The van der Waals surface area contributed by atoms with E-state index in [9.17, 15) is 4.79 Å². The summed E-state index contributed by atoms with van der Waals surface area (Å²) < 4.78 is 0. The molecule has 0 aliphatic carbocycles. The zero-order valence-electron chi connectivity index (χ0n) is 7.37. The molecule has 70 valence electrons. The molecular formula is C9H12N2O2. The van der Waals surface area contributed by atoms with Crippen molar-refractivity contribution in [3.05, 3.63) is 23.3 Å². The summed E-state index contributed by atoms with van der Waals surface area (Å²) in [6, 6.07) is 3.25. The summed E-state index contributed by atoms with van der Waals surface area (Å²) >= 11 is 0. The maximum atomic E-state index is 10.7. The van der Waals surface area contributed by atoms with Crippen LogP contribution in [0, 0.1) is 0 Å². The van der Waals surface area contributed by atoms with E-state index in [2.05, 4.69) is 0 Å². The number of carboxylic acid groups (broad SMARTS) is 1. The number of aromatic carboxylic acids is 1. The minimum Gasteiger partial charge on any atom is -0.478 e. The van der Waals surface area contributed by atoms with E-state index in [-0.39, 0.29) is 11.3 Å². The van der Waals surface area contributed by atoms with Crippen molar-refractivity contribution in [2.45, 2.75) is 13.3 Å². The number of anilines is 2. The molecule has 1 aromatic rings. The molecule has 0 bridgehead atoms. The van der Waals surface area contributed by atoms with Gasteiger partial charge < -0.3 is 16.6 Å². The average molecular weight is 180 g/mol. The first-order valence-corrected chi connectivity index (χ1v) is 3.97. The number of hydrogen-bond acceptors (Lipinski definition) is 3. The van der Waals surface area contributed by atoms with Gasteiger partial charge in [-0.3, -0.25) is 0 Å². The number of nitrogens with two attached hydrogens (primary N) is 2. The Balaban J connectivity index is 3.33. The fourth-order valence-electron chi connectivity index (χ4n) is 1.12. The summed E-state index contributed by atoms with van der Waals surface area (Å²) in [6.45, 7) is 1.93. The van der Waals surface area contributed by atoms with Crippen LogP contribution < -0.4 is 11.5 Å². The minimum absolute atomic E-state index is 0.0804. The highest BCUT2D eigenvalue weighted by Gasteiger charge is 2.11. The standard InChI is InChI=1S/C9H12N2O2/c1-2-5-3-6(9(12)13)8(11)7(10)4-5/h3-4H,2,10-11H2,1H3,(H,12,13).